The number of rotatable bonds is 3. The lowest BCUT2D eigenvalue weighted by molar-refractivity contribution is 0.752. The van der Waals surface area contributed by atoms with Gasteiger partial charge in [0, 0.05) is 28.5 Å². The van der Waals surface area contributed by atoms with Crippen LogP contribution in [0.5, 0.6) is 0 Å². The second-order valence-electron chi connectivity index (χ2n) is 14.7. The van der Waals surface area contributed by atoms with Gasteiger partial charge in [0.05, 0.1) is 30.4 Å². The molecule has 2 aliphatic rings. The molecule has 6 aromatic carbocycles. The van der Waals surface area contributed by atoms with E-state index in [1.165, 1.54) is 49.8 Å². The number of aromatic nitrogens is 1. The SMILES string of the molecule is Cc1ccc2c(c1)C1(c3ccccc3-c3ccccc31)c1cc([Si](C)(C)C)ccc1N2c1ccc2c(=O)c(C)cn(-c3ccccc3)c2c1. The molecule has 1 aliphatic heterocycles. The molecule has 4 heteroatoms. The maximum absolute atomic E-state index is 13.5. The molecule has 0 unspecified atom stereocenters. The zero-order chi connectivity index (χ0) is 33.7. The number of hydrogen-bond donors (Lipinski definition) is 0. The summed E-state index contributed by atoms with van der Waals surface area (Å²) in [7, 11) is -1.70. The minimum atomic E-state index is -1.70. The van der Waals surface area contributed by atoms with E-state index in [0.717, 1.165) is 33.5 Å². The first-order valence-corrected chi connectivity index (χ1v) is 20.6. The molecule has 0 atom stereocenters. The van der Waals surface area contributed by atoms with Crippen molar-refractivity contribution >= 4 is 41.2 Å². The van der Waals surface area contributed by atoms with Crippen LogP contribution in [0.4, 0.5) is 17.1 Å². The molecule has 0 bridgehead atoms. The summed E-state index contributed by atoms with van der Waals surface area (Å²) in [6, 6.07) is 48.9. The van der Waals surface area contributed by atoms with Gasteiger partial charge >= 0.3 is 0 Å². The van der Waals surface area contributed by atoms with E-state index in [2.05, 4.69) is 145 Å². The molecule has 0 radical (unpaired) electrons. The molecule has 49 heavy (non-hydrogen) atoms. The van der Waals surface area contributed by atoms with Crippen molar-refractivity contribution in [3.05, 3.63) is 183 Å². The Hall–Kier alpha value is -5.45. The van der Waals surface area contributed by atoms with E-state index in [1.54, 1.807) is 0 Å². The van der Waals surface area contributed by atoms with Gasteiger partial charge in [-0.2, -0.15) is 0 Å². The number of anilines is 3. The smallest absolute Gasteiger partial charge is 0.192 e. The fraction of sp³-hybridized carbons (Fsp3) is 0.133. The van der Waals surface area contributed by atoms with Crippen molar-refractivity contribution in [2.75, 3.05) is 4.90 Å². The number of para-hydroxylation sites is 1. The van der Waals surface area contributed by atoms with E-state index in [0.29, 0.717) is 0 Å². The van der Waals surface area contributed by atoms with Crippen molar-refractivity contribution in [2.45, 2.75) is 38.9 Å². The van der Waals surface area contributed by atoms with E-state index >= 15 is 0 Å². The lowest BCUT2D eigenvalue weighted by Crippen LogP contribution is -2.42. The lowest BCUT2D eigenvalue weighted by Gasteiger charge is -2.45. The summed E-state index contributed by atoms with van der Waals surface area (Å²) < 4.78 is 2.16. The van der Waals surface area contributed by atoms with Crippen LogP contribution in [0.25, 0.3) is 27.7 Å². The molecule has 0 fully saturated rings. The van der Waals surface area contributed by atoms with Gasteiger partial charge in [0.2, 0.25) is 0 Å². The van der Waals surface area contributed by atoms with Crippen LogP contribution < -0.4 is 15.5 Å². The summed E-state index contributed by atoms with van der Waals surface area (Å²) in [5.41, 5.74) is 14.7. The monoisotopic (exact) mass is 650 g/mol. The van der Waals surface area contributed by atoms with E-state index < -0.39 is 13.5 Å². The molecule has 1 spiro atoms. The van der Waals surface area contributed by atoms with Crippen molar-refractivity contribution in [1.29, 1.82) is 0 Å². The Bertz CT molecular complexity index is 2490. The first-order chi connectivity index (χ1) is 23.7. The fourth-order valence-electron chi connectivity index (χ4n) is 8.40. The number of nitrogens with zero attached hydrogens (tertiary/aromatic N) is 2. The number of pyridine rings is 1. The lowest BCUT2D eigenvalue weighted by atomic mass is 9.64. The van der Waals surface area contributed by atoms with Crippen LogP contribution in [0.15, 0.2) is 144 Å². The van der Waals surface area contributed by atoms with Crippen LogP contribution >= 0.6 is 0 Å². The maximum atomic E-state index is 13.5. The first-order valence-electron chi connectivity index (χ1n) is 17.1. The van der Waals surface area contributed by atoms with Crippen molar-refractivity contribution in [2.24, 2.45) is 0 Å². The van der Waals surface area contributed by atoms with Gasteiger partial charge in [-0.3, -0.25) is 4.79 Å². The van der Waals surface area contributed by atoms with Crippen LogP contribution in [0, 0.1) is 13.8 Å². The summed E-state index contributed by atoms with van der Waals surface area (Å²) in [5.74, 6) is 0. The van der Waals surface area contributed by atoms with Crippen molar-refractivity contribution in [3.63, 3.8) is 0 Å². The maximum Gasteiger partial charge on any atom is 0.192 e. The van der Waals surface area contributed by atoms with Gasteiger partial charge in [-0.25, -0.2) is 0 Å². The van der Waals surface area contributed by atoms with E-state index in [9.17, 15) is 4.79 Å². The highest BCUT2D eigenvalue weighted by Crippen LogP contribution is 2.63. The van der Waals surface area contributed by atoms with Crippen molar-refractivity contribution < 1.29 is 0 Å². The molecule has 0 amide bonds. The molecule has 238 valence electrons. The van der Waals surface area contributed by atoms with Gasteiger partial charge in [-0.1, -0.05) is 121 Å². The van der Waals surface area contributed by atoms with E-state index in [-0.39, 0.29) is 5.43 Å². The molecular weight excluding hydrogens is 613 g/mol. The highest BCUT2D eigenvalue weighted by Gasteiger charge is 2.52. The van der Waals surface area contributed by atoms with Gasteiger partial charge in [-0.05, 0) is 89.7 Å². The standard InChI is InChI=1S/C45H38N2OSi/c1-29-19-23-41-39(25-29)45(37-17-11-9-15-34(37)35-16-10-12-18-38(35)45)40-27-33(49(3,4)5)21-24-42(40)47(41)32-20-22-36-43(26-32)46(28-30(2)44(36)48)31-13-7-6-8-14-31/h6-28H,1-5H3. The summed E-state index contributed by atoms with van der Waals surface area (Å²) >= 11 is 0. The zero-order valence-electron chi connectivity index (χ0n) is 28.6. The molecule has 9 rings (SSSR count). The van der Waals surface area contributed by atoms with Crippen molar-refractivity contribution in [1.82, 2.24) is 4.57 Å². The van der Waals surface area contributed by atoms with Crippen LogP contribution in [-0.4, -0.2) is 12.6 Å². The molecule has 0 N–H and O–H groups in total. The summed E-state index contributed by atoms with van der Waals surface area (Å²) in [6.07, 6.45) is 1.98. The molecule has 2 heterocycles. The molecule has 0 saturated heterocycles. The third-order valence-corrected chi connectivity index (χ3v) is 12.8. The van der Waals surface area contributed by atoms with Gasteiger partial charge in [0.1, 0.15) is 0 Å². The molecular formula is C45H38N2OSi. The molecule has 0 saturated carbocycles. The Morgan fingerprint density at radius 3 is 1.86 bits per heavy atom. The van der Waals surface area contributed by atoms with Gasteiger partial charge in [0.15, 0.2) is 5.43 Å². The number of hydrogen-bond acceptors (Lipinski definition) is 2. The highest BCUT2D eigenvalue weighted by atomic mass is 28.3. The minimum Gasteiger partial charge on any atom is -0.316 e. The predicted octanol–water partition coefficient (Wildman–Crippen LogP) is 10.3. The largest absolute Gasteiger partial charge is 0.316 e. The second kappa shape index (κ2) is 10.5. The summed E-state index contributed by atoms with van der Waals surface area (Å²) in [5, 5.41) is 2.16. The Morgan fingerprint density at radius 2 is 1.18 bits per heavy atom. The number of fused-ring (bicyclic) bond motifs is 10. The number of aryl methyl sites for hydroxylation is 2. The predicted molar refractivity (Wildman–Crippen MR) is 208 cm³/mol. The van der Waals surface area contributed by atoms with Crippen LogP contribution in [0.3, 0.4) is 0 Å². The quantitative estimate of drug-likeness (QED) is 0.178. The normalized spacial score (nSPS) is 14.0. The van der Waals surface area contributed by atoms with Gasteiger partial charge < -0.3 is 9.47 Å². The summed E-state index contributed by atoms with van der Waals surface area (Å²) in [6.45, 7) is 11.4. The zero-order valence-corrected chi connectivity index (χ0v) is 29.6. The highest BCUT2D eigenvalue weighted by molar-refractivity contribution is 6.88. The van der Waals surface area contributed by atoms with E-state index in [4.69, 9.17) is 0 Å². The van der Waals surface area contributed by atoms with Gasteiger partial charge in [0.25, 0.3) is 0 Å². The van der Waals surface area contributed by atoms with Crippen molar-refractivity contribution in [3.8, 4) is 16.8 Å². The van der Waals surface area contributed by atoms with Crippen LogP contribution in [-0.2, 0) is 5.41 Å². The average molecular weight is 651 g/mol. The van der Waals surface area contributed by atoms with E-state index in [1.807, 2.05) is 37.4 Å². The Kier molecular flexibility index (Phi) is 6.37. The average Bonchev–Trinajstić information content (AvgIpc) is 3.41. The minimum absolute atomic E-state index is 0.0710. The first kappa shape index (κ1) is 29.7. The topological polar surface area (TPSA) is 25.2 Å². The molecule has 3 nitrogen and oxygen atoms in total. The third kappa shape index (κ3) is 4.17. The fourth-order valence-corrected chi connectivity index (χ4v) is 9.56. The number of benzene rings is 6. The second-order valence-corrected chi connectivity index (χ2v) is 19.8. The molecule has 1 aliphatic carbocycles. The van der Waals surface area contributed by atoms with Gasteiger partial charge in [-0.15, -0.1) is 0 Å². The third-order valence-electron chi connectivity index (χ3n) is 10.7. The molecule has 7 aromatic rings. The Balaban J connectivity index is 1.41. The van der Waals surface area contributed by atoms with Crippen LogP contribution in [0.1, 0.15) is 33.4 Å². The Morgan fingerprint density at radius 1 is 0.571 bits per heavy atom. The summed E-state index contributed by atoms with van der Waals surface area (Å²) in [4.78, 5) is 16.0. The van der Waals surface area contributed by atoms with Crippen LogP contribution in [0.2, 0.25) is 19.6 Å². The molecule has 1 aromatic heterocycles. The Labute approximate surface area is 288 Å².